The summed E-state index contributed by atoms with van der Waals surface area (Å²) in [5, 5.41) is 0. The number of likely N-dealkylation sites (N-methyl/N-ethyl adjacent to an activating group) is 1. The van der Waals surface area contributed by atoms with Gasteiger partial charge in [-0.3, -0.25) is 4.79 Å². The predicted octanol–water partition coefficient (Wildman–Crippen LogP) is 5.16. The van der Waals surface area contributed by atoms with Crippen LogP contribution >= 0.6 is 0 Å². The Balaban J connectivity index is 1.64. The minimum absolute atomic E-state index is 0.187. The van der Waals surface area contributed by atoms with Gasteiger partial charge in [-0.1, -0.05) is 42.0 Å². The molecule has 5 nitrogen and oxygen atoms in total. The third-order valence-corrected chi connectivity index (χ3v) is 9.19. The first-order valence-corrected chi connectivity index (χ1v) is 13.3. The summed E-state index contributed by atoms with van der Waals surface area (Å²) in [6.45, 7) is 4.12. The van der Waals surface area contributed by atoms with Crippen LogP contribution in [-0.4, -0.2) is 55.1 Å². The molecule has 0 aromatic heterocycles. The van der Waals surface area contributed by atoms with Crippen LogP contribution in [0.4, 0.5) is 8.78 Å². The fraction of sp³-hybridized carbons (Fsp3) is 0.500. The lowest BCUT2D eigenvalue weighted by Gasteiger charge is -2.37. The van der Waals surface area contributed by atoms with Gasteiger partial charge in [0.05, 0.1) is 4.90 Å². The summed E-state index contributed by atoms with van der Waals surface area (Å²) >= 11 is 0. The lowest BCUT2D eigenvalue weighted by molar-refractivity contribution is -0.138. The van der Waals surface area contributed by atoms with Crippen LogP contribution in [0.25, 0.3) is 11.1 Å². The van der Waals surface area contributed by atoms with Crippen molar-refractivity contribution in [1.29, 1.82) is 0 Å². The Kier molecular flexibility index (Phi) is 6.84. The van der Waals surface area contributed by atoms with Gasteiger partial charge >= 0.3 is 0 Å². The summed E-state index contributed by atoms with van der Waals surface area (Å²) in [6, 6.07) is 11.8. The molecule has 1 atom stereocenters. The monoisotopic (exact) mass is 490 g/mol. The minimum atomic E-state index is -3.96. The van der Waals surface area contributed by atoms with Crippen molar-refractivity contribution in [3.8, 4) is 11.1 Å². The molecule has 184 valence electrons. The third-order valence-electron chi connectivity index (χ3n) is 7.23. The number of sulfonamides is 1. The van der Waals surface area contributed by atoms with Crippen LogP contribution in [0.1, 0.15) is 49.7 Å². The molecule has 0 radical (unpaired) electrons. The summed E-state index contributed by atoms with van der Waals surface area (Å²) < 4.78 is 56.3. The van der Waals surface area contributed by atoms with Gasteiger partial charge in [-0.2, -0.15) is 4.31 Å². The Morgan fingerprint density at radius 2 is 1.71 bits per heavy atom. The third kappa shape index (κ3) is 4.75. The Bertz CT molecular complexity index is 1170. The van der Waals surface area contributed by atoms with Gasteiger partial charge in [0.2, 0.25) is 21.9 Å². The van der Waals surface area contributed by atoms with E-state index in [0.29, 0.717) is 18.4 Å². The molecule has 2 fully saturated rings. The first-order valence-electron chi connectivity index (χ1n) is 11.8. The van der Waals surface area contributed by atoms with Gasteiger partial charge in [0.1, 0.15) is 6.04 Å². The van der Waals surface area contributed by atoms with E-state index in [1.807, 2.05) is 44.2 Å². The van der Waals surface area contributed by atoms with Gasteiger partial charge in [-0.05, 0) is 56.7 Å². The van der Waals surface area contributed by atoms with Crippen molar-refractivity contribution < 1.29 is 22.0 Å². The highest BCUT2D eigenvalue weighted by Gasteiger charge is 2.44. The van der Waals surface area contributed by atoms with Crippen molar-refractivity contribution >= 4 is 15.9 Å². The molecule has 34 heavy (non-hydrogen) atoms. The maximum absolute atomic E-state index is 13.9. The average Bonchev–Trinajstić information content (AvgIpc) is 3.29. The summed E-state index contributed by atoms with van der Waals surface area (Å²) in [6.07, 6.45) is 0.971. The number of rotatable bonds is 5. The van der Waals surface area contributed by atoms with Crippen molar-refractivity contribution in [1.82, 2.24) is 9.21 Å². The number of halogens is 2. The molecule has 0 spiro atoms. The second-order valence-corrected chi connectivity index (χ2v) is 11.5. The van der Waals surface area contributed by atoms with E-state index in [2.05, 4.69) is 0 Å². The number of aryl methyl sites for hydroxylation is 2. The van der Waals surface area contributed by atoms with Gasteiger partial charge in [-0.15, -0.1) is 0 Å². The number of amides is 1. The maximum Gasteiger partial charge on any atom is 0.248 e. The summed E-state index contributed by atoms with van der Waals surface area (Å²) in [5.74, 6) is -2.98. The zero-order chi connectivity index (χ0) is 24.7. The molecule has 1 amide bonds. The van der Waals surface area contributed by atoms with E-state index in [9.17, 15) is 22.0 Å². The van der Waals surface area contributed by atoms with Crippen LogP contribution in [-0.2, 0) is 14.8 Å². The zero-order valence-electron chi connectivity index (χ0n) is 19.9. The van der Waals surface area contributed by atoms with Crippen molar-refractivity contribution in [2.24, 2.45) is 0 Å². The average molecular weight is 491 g/mol. The lowest BCUT2D eigenvalue weighted by Crippen LogP contribution is -2.50. The van der Waals surface area contributed by atoms with Crippen molar-refractivity contribution in [3.63, 3.8) is 0 Å². The van der Waals surface area contributed by atoms with E-state index in [1.165, 1.54) is 9.21 Å². The number of carbonyl (C=O) groups is 1. The number of hydrogen-bond acceptors (Lipinski definition) is 3. The standard InChI is InChI=1S/C26H32F2N2O3S/c1-18-10-11-24(22(17-18)21-8-5-4-7-19(21)2)34(32,33)30-16-6-9-23(30)25(31)29(3)20-12-14-26(27,28)15-13-20/h4-5,7-8,10-11,17,20,23H,6,9,12-16H2,1-3H3/t23-/m0/s1. The first kappa shape index (κ1) is 24.8. The zero-order valence-corrected chi connectivity index (χ0v) is 20.7. The number of nitrogens with zero attached hydrogens (tertiary/aromatic N) is 2. The summed E-state index contributed by atoms with van der Waals surface area (Å²) in [4.78, 5) is 15.1. The molecule has 0 N–H and O–H groups in total. The fourth-order valence-electron chi connectivity index (χ4n) is 5.18. The van der Waals surface area contributed by atoms with Crippen molar-refractivity contribution in [2.75, 3.05) is 13.6 Å². The Labute approximate surface area is 200 Å². The summed E-state index contributed by atoms with van der Waals surface area (Å²) in [7, 11) is -2.35. The maximum atomic E-state index is 13.9. The van der Waals surface area contributed by atoms with Crippen LogP contribution in [0.2, 0.25) is 0 Å². The van der Waals surface area contributed by atoms with E-state index < -0.39 is 22.0 Å². The highest BCUT2D eigenvalue weighted by atomic mass is 32.2. The minimum Gasteiger partial charge on any atom is -0.341 e. The van der Waals surface area contributed by atoms with Crippen LogP contribution in [0.3, 0.4) is 0 Å². The van der Waals surface area contributed by atoms with E-state index in [4.69, 9.17) is 0 Å². The van der Waals surface area contributed by atoms with E-state index in [0.717, 1.165) is 16.7 Å². The highest BCUT2D eigenvalue weighted by Crippen LogP contribution is 2.37. The molecule has 0 bridgehead atoms. The van der Waals surface area contributed by atoms with Crippen LogP contribution in [0.15, 0.2) is 47.4 Å². The number of carbonyl (C=O) groups excluding carboxylic acids is 1. The SMILES string of the molecule is Cc1ccc(S(=O)(=O)N2CCC[C@H]2C(=O)N(C)C2CCC(F)(F)CC2)c(-c2ccccc2C)c1. The number of alkyl halides is 2. The molecular formula is C26H32F2N2O3S. The molecule has 2 aromatic carbocycles. The lowest BCUT2D eigenvalue weighted by atomic mass is 9.91. The second-order valence-electron chi connectivity index (χ2n) is 9.62. The fourth-order valence-corrected chi connectivity index (χ4v) is 7.02. The van der Waals surface area contributed by atoms with Gasteiger partial charge in [0, 0.05) is 38.0 Å². The van der Waals surface area contributed by atoms with Gasteiger partial charge in [-0.25, -0.2) is 17.2 Å². The largest absolute Gasteiger partial charge is 0.341 e. The first-order chi connectivity index (χ1) is 16.0. The van der Waals surface area contributed by atoms with Gasteiger partial charge in [0.15, 0.2) is 0 Å². The summed E-state index contributed by atoms with van der Waals surface area (Å²) in [5.41, 5.74) is 3.37. The molecule has 1 aliphatic heterocycles. The van der Waals surface area contributed by atoms with E-state index in [-0.39, 0.29) is 49.1 Å². The normalized spacial score (nSPS) is 21.5. The van der Waals surface area contributed by atoms with E-state index >= 15 is 0 Å². The smallest absolute Gasteiger partial charge is 0.248 e. The topological polar surface area (TPSA) is 57.7 Å². The molecular weight excluding hydrogens is 458 g/mol. The Hall–Kier alpha value is -2.32. The molecule has 8 heteroatoms. The van der Waals surface area contributed by atoms with Crippen LogP contribution in [0, 0.1) is 13.8 Å². The van der Waals surface area contributed by atoms with Crippen LogP contribution in [0.5, 0.6) is 0 Å². The predicted molar refractivity (Wildman–Crippen MR) is 128 cm³/mol. The Morgan fingerprint density at radius 1 is 1.03 bits per heavy atom. The number of benzene rings is 2. The quantitative estimate of drug-likeness (QED) is 0.582. The molecule has 1 heterocycles. The molecule has 0 unspecified atom stereocenters. The molecule has 2 aromatic rings. The van der Waals surface area contributed by atoms with Gasteiger partial charge < -0.3 is 4.90 Å². The number of hydrogen-bond donors (Lipinski definition) is 0. The highest BCUT2D eigenvalue weighted by molar-refractivity contribution is 7.89. The van der Waals surface area contributed by atoms with Crippen LogP contribution < -0.4 is 0 Å². The molecule has 4 rings (SSSR count). The molecule has 1 saturated carbocycles. The molecule has 2 aliphatic rings. The molecule has 1 saturated heterocycles. The van der Waals surface area contributed by atoms with E-state index in [1.54, 1.807) is 19.2 Å². The van der Waals surface area contributed by atoms with Crippen molar-refractivity contribution in [3.05, 3.63) is 53.6 Å². The van der Waals surface area contributed by atoms with Gasteiger partial charge in [0.25, 0.3) is 0 Å². The Morgan fingerprint density at radius 3 is 2.38 bits per heavy atom. The van der Waals surface area contributed by atoms with Crippen molar-refractivity contribution in [2.45, 2.75) is 75.3 Å². The second kappa shape index (κ2) is 9.38. The molecule has 1 aliphatic carbocycles.